The van der Waals surface area contributed by atoms with Crippen molar-refractivity contribution in [3.05, 3.63) is 0 Å². The lowest BCUT2D eigenvalue weighted by atomic mass is 10.0. The van der Waals surface area contributed by atoms with E-state index in [-0.39, 0.29) is 12.1 Å². The van der Waals surface area contributed by atoms with Crippen LogP contribution in [0.3, 0.4) is 0 Å². The second-order valence-electron chi connectivity index (χ2n) is 5.48. The van der Waals surface area contributed by atoms with Gasteiger partial charge < -0.3 is 15.3 Å². The van der Waals surface area contributed by atoms with Crippen LogP contribution in [0.25, 0.3) is 0 Å². The third kappa shape index (κ3) is 3.15. The van der Waals surface area contributed by atoms with Crippen LogP contribution in [0.4, 0.5) is 4.79 Å². The monoisotopic (exact) mass is 254 g/mol. The van der Waals surface area contributed by atoms with Crippen LogP contribution in [0.2, 0.25) is 0 Å². The highest BCUT2D eigenvalue weighted by atomic mass is 16.4. The van der Waals surface area contributed by atoms with Gasteiger partial charge in [0, 0.05) is 19.1 Å². The van der Waals surface area contributed by atoms with Crippen molar-refractivity contribution >= 4 is 12.0 Å². The van der Waals surface area contributed by atoms with E-state index < -0.39 is 11.9 Å². The van der Waals surface area contributed by atoms with Gasteiger partial charge in [0.05, 0.1) is 5.92 Å². The first-order valence-corrected chi connectivity index (χ1v) is 6.87. The number of carbonyl (C=O) groups is 2. The van der Waals surface area contributed by atoms with E-state index >= 15 is 0 Å². The second-order valence-corrected chi connectivity index (χ2v) is 5.48. The molecule has 2 N–H and O–H groups in total. The van der Waals surface area contributed by atoms with Gasteiger partial charge in [-0.05, 0) is 32.1 Å². The maximum absolute atomic E-state index is 11.9. The highest BCUT2D eigenvalue weighted by molar-refractivity contribution is 5.78. The number of hydrogen-bond acceptors (Lipinski definition) is 2. The van der Waals surface area contributed by atoms with Crippen LogP contribution in [-0.2, 0) is 4.79 Å². The minimum absolute atomic E-state index is 0.109. The maximum atomic E-state index is 11.9. The number of carboxylic acid groups (broad SMARTS) is 1. The number of carboxylic acids is 1. The highest BCUT2D eigenvalue weighted by Crippen LogP contribution is 2.33. The summed E-state index contributed by atoms with van der Waals surface area (Å²) in [5, 5.41) is 11.9. The van der Waals surface area contributed by atoms with Gasteiger partial charge in [-0.2, -0.15) is 0 Å². The summed E-state index contributed by atoms with van der Waals surface area (Å²) in [5.41, 5.74) is 0. The predicted octanol–water partition coefficient (Wildman–Crippen LogP) is 1.68. The fourth-order valence-corrected chi connectivity index (χ4v) is 2.65. The maximum Gasteiger partial charge on any atom is 0.317 e. The molecule has 102 valence electrons. The SMILES string of the molecule is CC1C(C(=O)O)CCN1C(=O)NCCCC1CC1. The van der Waals surface area contributed by atoms with E-state index in [1.165, 1.54) is 19.3 Å². The van der Waals surface area contributed by atoms with Crippen molar-refractivity contribution in [3.63, 3.8) is 0 Å². The van der Waals surface area contributed by atoms with Crippen molar-refractivity contribution in [1.82, 2.24) is 10.2 Å². The second kappa shape index (κ2) is 5.59. The fourth-order valence-electron chi connectivity index (χ4n) is 2.65. The van der Waals surface area contributed by atoms with Gasteiger partial charge >= 0.3 is 12.0 Å². The largest absolute Gasteiger partial charge is 0.481 e. The van der Waals surface area contributed by atoms with E-state index in [0.29, 0.717) is 19.5 Å². The number of carbonyl (C=O) groups excluding carboxylic acids is 1. The fraction of sp³-hybridized carbons (Fsp3) is 0.846. The third-order valence-electron chi connectivity index (χ3n) is 4.10. The first kappa shape index (κ1) is 13.2. The molecule has 0 spiro atoms. The van der Waals surface area contributed by atoms with Crippen molar-refractivity contribution in [1.29, 1.82) is 0 Å². The summed E-state index contributed by atoms with van der Waals surface area (Å²) in [6.45, 7) is 3.07. The molecule has 5 heteroatoms. The first-order chi connectivity index (χ1) is 8.59. The molecule has 5 nitrogen and oxygen atoms in total. The van der Waals surface area contributed by atoms with Crippen molar-refractivity contribution in [2.45, 2.75) is 45.1 Å². The van der Waals surface area contributed by atoms with Gasteiger partial charge in [0.1, 0.15) is 0 Å². The number of nitrogens with zero attached hydrogens (tertiary/aromatic N) is 1. The topological polar surface area (TPSA) is 69.6 Å². The molecular weight excluding hydrogens is 232 g/mol. The van der Waals surface area contributed by atoms with Crippen LogP contribution in [0.1, 0.15) is 39.0 Å². The Hall–Kier alpha value is -1.26. The van der Waals surface area contributed by atoms with Crippen LogP contribution in [0.15, 0.2) is 0 Å². The molecule has 2 aliphatic rings. The van der Waals surface area contributed by atoms with E-state index in [4.69, 9.17) is 5.11 Å². The van der Waals surface area contributed by atoms with Gasteiger partial charge in [-0.1, -0.05) is 12.8 Å². The van der Waals surface area contributed by atoms with Gasteiger partial charge in [-0.25, -0.2) is 4.79 Å². The van der Waals surface area contributed by atoms with Gasteiger partial charge in [0.2, 0.25) is 0 Å². The number of aliphatic carboxylic acids is 1. The summed E-state index contributed by atoms with van der Waals surface area (Å²) in [5.74, 6) is -0.322. The Balaban J connectivity index is 1.69. The zero-order chi connectivity index (χ0) is 13.1. The van der Waals surface area contributed by atoms with Crippen LogP contribution < -0.4 is 5.32 Å². The summed E-state index contributed by atoms with van der Waals surface area (Å²) in [4.78, 5) is 24.5. The summed E-state index contributed by atoms with van der Waals surface area (Å²) >= 11 is 0. The molecule has 18 heavy (non-hydrogen) atoms. The number of hydrogen-bond donors (Lipinski definition) is 2. The van der Waals surface area contributed by atoms with Crippen molar-refractivity contribution in [3.8, 4) is 0 Å². The van der Waals surface area contributed by atoms with Crippen LogP contribution in [-0.4, -0.2) is 41.1 Å². The molecule has 2 amide bonds. The number of nitrogens with one attached hydrogen (secondary N) is 1. The lowest BCUT2D eigenvalue weighted by molar-refractivity contribution is -0.142. The summed E-state index contributed by atoms with van der Waals surface area (Å²) < 4.78 is 0. The summed E-state index contributed by atoms with van der Waals surface area (Å²) in [6.07, 6.45) is 5.48. The quantitative estimate of drug-likeness (QED) is 0.733. The average molecular weight is 254 g/mol. The molecule has 1 saturated heterocycles. The van der Waals surface area contributed by atoms with E-state index in [2.05, 4.69) is 5.32 Å². The van der Waals surface area contributed by atoms with Crippen LogP contribution >= 0.6 is 0 Å². The standard InChI is InChI=1S/C13H22N2O3/c1-9-11(12(16)17)6-8-15(9)13(18)14-7-2-3-10-4-5-10/h9-11H,2-8H2,1H3,(H,14,18)(H,16,17). The normalized spacial score (nSPS) is 27.3. The number of likely N-dealkylation sites (tertiary alicyclic amines) is 1. The van der Waals surface area contributed by atoms with Gasteiger partial charge in [-0.3, -0.25) is 4.79 Å². The third-order valence-corrected chi connectivity index (χ3v) is 4.10. The molecule has 1 heterocycles. The number of rotatable bonds is 5. The molecule has 1 aliphatic carbocycles. The van der Waals surface area contributed by atoms with Crippen LogP contribution in [0, 0.1) is 11.8 Å². The molecule has 2 rings (SSSR count). The molecule has 0 bridgehead atoms. The Kier molecular flexibility index (Phi) is 4.09. The Morgan fingerprint density at radius 2 is 2.06 bits per heavy atom. The minimum atomic E-state index is -0.800. The molecule has 0 aromatic carbocycles. The average Bonchev–Trinajstić information content (AvgIpc) is 3.06. The van der Waals surface area contributed by atoms with Crippen molar-refractivity contribution in [2.75, 3.05) is 13.1 Å². The minimum Gasteiger partial charge on any atom is -0.481 e. The van der Waals surface area contributed by atoms with Crippen molar-refractivity contribution in [2.24, 2.45) is 11.8 Å². The molecule has 0 radical (unpaired) electrons. The van der Waals surface area contributed by atoms with Gasteiger partial charge in [0.25, 0.3) is 0 Å². The molecule has 2 atom stereocenters. The van der Waals surface area contributed by atoms with Crippen molar-refractivity contribution < 1.29 is 14.7 Å². The lowest BCUT2D eigenvalue weighted by Crippen LogP contribution is -2.44. The Labute approximate surface area is 108 Å². The van der Waals surface area contributed by atoms with Gasteiger partial charge in [0.15, 0.2) is 0 Å². The Morgan fingerprint density at radius 1 is 1.33 bits per heavy atom. The molecule has 0 aromatic heterocycles. The van der Waals surface area contributed by atoms with E-state index in [0.717, 1.165) is 12.3 Å². The highest BCUT2D eigenvalue weighted by Gasteiger charge is 2.37. The summed E-state index contributed by atoms with van der Waals surface area (Å²) in [7, 11) is 0. The summed E-state index contributed by atoms with van der Waals surface area (Å²) in [6, 6.07) is -0.312. The van der Waals surface area contributed by atoms with Gasteiger partial charge in [-0.15, -0.1) is 0 Å². The van der Waals surface area contributed by atoms with E-state index in [1.807, 2.05) is 6.92 Å². The number of urea groups is 1. The Morgan fingerprint density at radius 3 is 2.61 bits per heavy atom. The molecule has 2 fully saturated rings. The predicted molar refractivity (Wildman–Crippen MR) is 67.3 cm³/mol. The molecule has 0 aromatic rings. The zero-order valence-electron chi connectivity index (χ0n) is 10.9. The van der Waals surface area contributed by atoms with E-state index in [1.54, 1.807) is 4.90 Å². The Bertz CT molecular complexity index is 328. The first-order valence-electron chi connectivity index (χ1n) is 6.87. The molecule has 1 saturated carbocycles. The zero-order valence-corrected chi connectivity index (χ0v) is 10.9. The molecule has 2 unspecified atom stereocenters. The van der Waals surface area contributed by atoms with E-state index in [9.17, 15) is 9.59 Å². The lowest BCUT2D eigenvalue weighted by Gasteiger charge is -2.23. The molecular formula is C13H22N2O3. The molecule has 1 aliphatic heterocycles. The smallest absolute Gasteiger partial charge is 0.317 e. The number of amides is 2. The van der Waals surface area contributed by atoms with Crippen LogP contribution in [0.5, 0.6) is 0 Å².